The molecule has 2 nitrogen and oxygen atoms in total. The first-order valence-corrected chi connectivity index (χ1v) is 5.73. The Hall–Kier alpha value is -1.09. The van der Waals surface area contributed by atoms with Crippen LogP contribution in [0.15, 0.2) is 23.0 Å². The van der Waals surface area contributed by atoms with Gasteiger partial charge >= 0.3 is 0 Å². The van der Waals surface area contributed by atoms with Gasteiger partial charge in [0.15, 0.2) is 0 Å². The molecule has 2 rings (SSSR count). The van der Waals surface area contributed by atoms with Gasteiger partial charge in [0.2, 0.25) is 0 Å². The van der Waals surface area contributed by atoms with E-state index in [-0.39, 0.29) is 5.56 Å². The van der Waals surface area contributed by atoms with Gasteiger partial charge in [-0.25, -0.2) is 0 Å². The summed E-state index contributed by atoms with van der Waals surface area (Å²) in [5, 5.41) is 0.894. The fourth-order valence-electron chi connectivity index (χ4n) is 1.65. The van der Waals surface area contributed by atoms with Gasteiger partial charge in [-0.2, -0.15) is 0 Å². The highest BCUT2D eigenvalue weighted by Gasteiger charge is 2.05. The van der Waals surface area contributed by atoms with Crippen LogP contribution in [0.25, 0.3) is 10.1 Å². The monoisotopic (exact) mass is 207 g/mol. The Kier molecular flexibility index (Phi) is 2.68. The van der Waals surface area contributed by atoms with Crippen LogP contribution in [-0.4, -0.2) is 4.37 Å². The summed E-state index contributed by atoms with van der Waals surface area (Å²) >= 11 is 1.42. The Labute approximate surface area is 86.7 Å². The molecule has 0 aliphatic heterocycles. The third-order valence-corrected chi connectivity index (χ3v) is 3.24. The van der Waals surface area contributed by atoms with Crippen molar-refractivity contribution in [3.8, 4) is 0 Å². The van der Waals surface area contributed by atoms with E-state index >= 15 is 0 Å². The van der Waals surface area contributed by atoms with E-state index in [9.17, 15) is 4.79 Å². The second-order valence-electron chi connectivity index (χ2n) is 3.43. The number of aromatic amines is 1. The molecule has 74 valence electrons. The van der Waals surface area contributed by atoms with Gasteiger partial charge in [0, 0.05) is 0 Å². The summed E-state index contributed by atoms with van der Waals surface area (Å²) in [7, 11) is 0. The first-order chi connectivity index (χ1) is 6.83. The average Bonchev–Trinajstić information content (AvgIpc) is 2.58. The molecule has 0 radical (unpaired) electrons. The van der Waals surface area contributed by atoms with Crippen LogP contribution in [0.2, 0.25) is 0 Å². The molecule has 0 spiro atoms. The molecular weight excluding hydrogens is 194 g/mol. The number of aryl methyl sites for hydroxylation is 1. The molecule has 0 bridgehead atoms. The summed E-state index contributed by atoms with van der Waals surface area (Å²) < 4.78 is 3.85. The second-order valence-corrected chi connectivity index (χ2v) is 4.28. The molecule has 0 saturated heterocycles. The third-order valence-electron chi connectivity index (χ3n) is 2.39. The highest BCUT2D eigenvalue weighted by molar-refractivity contribution is 7.13. The van der Waals surface area contributed by atoms with E-state index in [1.54, 1.807) is 0 Å². The van der Waals surface area contributed by atoms with Crippen molar-refractivity contribution in [3.63, 3.8) is 0 Å². The van der Waals surface area contributed by atoms with E-state index in [0.29, 0.717) is 0 Å². The fourth-order valence-corrected chi connectivity index (χ4v) is 2.42. The maximum Gasteiger partial charge on any atom is 0.266 e. The zero-order valence-corrected chi connectivity index (χ0v) is 8.99. The van der Waals surface area contributed by atoms with Crippen molar-refractivity contribution < 1.29 is 0 Å². The smallest absolute Gasteiger partial charge is 0.266 e. The maximum atomic E-state index is 11.5. The van der Waals surface area contributed by atoms with Crippen molar-refractivity contribution in [1.29, 1.82) is 0 Å². The minimum absolute atomic E-state index is 0.0664. The number of aromatic nitrogens is 1. The number of fused-ring (bicyclic) bond motifs is 1. The van der Waals surface area contributed by atoms with Gasteiger partial charge in [-0.3, -0.25) is 9.17 Å². The Morgan fingerprint density at radius 1 is 1.43 bits per heavy atom. The summed E-state index contributed by atoms with van der Waals surface area (Å²) in [5.74, 6) is 0. The fraction of sp³-hybridized carbons (Fsp3) is 0.364. The Morgan fingerprint density at radius 2 is 2.29 bits per heavy atom. The van der Waals surface area contributed by atoms with Gasteiger partial charge in [0.05, 0.1) is 10.1 Å². The number of unbranched alkanes of at least 4 members (excludes halogenated alkanes) is 1. The highest BCUT2D eigenvalue weighted by atomic mass is 32.1. The molecule has 3 heteroatoms. The summed E-state index contributed by atoms with van der Waals surface area (Å²) in [6.45, 7) is 2.16. The number of hydrogen-bond donors (Lipinski definition) is 1. The SMILES string of the molecule is CCCCc1cccc2s[nH]c(=O)c12. The summed E-state index contributed by atoms with van der Waals surface area (Å²) in [6, 6.07) is 6.07. The predicted molar refractivity (Wildman–Crippen MR) is 61.1 cm³/mol. The summed E-state index contributed by atoms with van der Waals surface area (Å²) in [5.41, 5.74) is 1.25. The Morgan fingerprint density at radius 3 is 3.07 bits per heavy atom. The lowest BCUT2D eigenvalue weighted by atomic mass is 10.1. The quantitative estimate of drug-likeness (QED) is 0.824. The van der Waals surface area contributed by atoms with Gasteiger partial charge in [0.25, 0.3) is 5.56 Å². The van der Waals surface area contributed by atoms with Gasteiger partial charge in [-0.1, -0.05) is 37.0 Å². The maximum absolute atomic E-state index is 11.5. The van der Waals surface area contributed by atoms with E-state index in [2.05, 4.69) is 17.4 Å². The molecule has 1 heterocycles. The average molecular weight is 207 g/mol. The molecule has 14 heavy (non-hydrogen) atoms. The normalized spacial score (nSPS) is 10.9. The molecule has 1 aromatic carbocycles. The number of nitrogens with one attached hydrogen (secondary N) is 1. The topological polar surface area (TPSA) is 32.9 Å². The molecule has 0 atom stereocenters. The van der Waals surface area contributed by atoms with Crippen molar-refractivity contribution in [2.45, 2.75) is 26.2 Å². The van der Waals surface area contributed by atoms with Crippen molar-refractivity contribution >= 4 is 21.6 Å². The predicted octanol–water partition coefficient (Wildman–Crippen LogP) is 2.93. The lowest BCUT2D eigenvalue weighted by Gasteiger charge is -1.99. The molecule has 0 amide bonds. The minimum atomic E-state index is 0.0664. The lowest BCUT2D eigenvalue weighted by molar-refractivity contribution is 0.799. The van der Waals surface area contributed by atoms with Crippen LogP contribution in [0, 0.1) is 0 Å². The van der Waals surface area contributed by atoms with Crippen LogP contribution < -0.4 is 5.56 Å². The number of H-pyrrole nitrogens is 1. The van der Waals surface area contributed by atoms with Gasteiger partial charge < -0.3 is 0 Å². The van der Waals surface area contributed by atoms with Crippen LogP contribution >= 0.6 is 11.5 Å². The first-order valence-electron chi connectivity index (χ1n) is 4.92. The van der Waals surface area contributed by atoms with Gasteiger partial charge in [-0.05, 0) is 24.5 Å². The largest absolute Gasteiger partial charge is 0.277 e. The van der Waals surface area contributed by atoms with E-state index in [1.807, 2.05) is 12.1 Å². The van der Waals surface area contributed by atoms with E-state index in [0.717, 1.165) is 22.9 Å². The van der Waals surface area contributed by atoms with Crippen LogP contribution in [0.5, 0.6) is 0 Å². The van der Waals surface area contributed by atoms with Crippen LogP contribution in [0.1, 0.15) is 25.3 Å². The van der Waals surface area contributed by atoms with Crippen LogP contribution in [0.3, 0.4) is 0 Å². The standard InChI is InChI=1S/C11H13NOS/c1-2-3-5-8-6-4-7-9-10(8)11(13)12-14-9/h4,6-7H,2-3,5H2,1H3,(H,12,13). The van der Waals surface area contributed by atoms with Crippen molar-refractivity contribution in [2.24, 2.45) is 0 Å². The molecule has 1 N–H and O–H groups in total. The third kappa shape index (κ3) is 1.60. The van der Waals surface area contributed by atoms with Crippen molar-refractivity contribution in [1.82, 2.24) is 4.37 Å². The summed E-state index contributed by atoms with van der Waals surface area (Å²) in [6.07, 6.45) is 3.32. The molecule has 2 aromatic rings. The second kappa shape index (κ2) is 3.96. The van der Waals surface area contributed by atoms with Crippen LogP contribution in [0.4, 0.5) is 0 Å². The molecule has 0 fully saturated rings. The van der Waals surface area contributed by atoms with Gasteiger partial charge in [-0.15, -0.1) is 0 Å². The minimum Gasteiger partial charge on any atom is -0.277 e. The van der Waals surface area contributed by atoms with E-state index < -0.39 is 0 Å². The van der Waals surface area contributed by atoms with Crippen molar-refractivity contribution in [2.75, 3.05) is 0 Å². The van der Waals surface area contributed by atoms with E-state index in [4.69, 9.17) is 0 Å². The number of rotatable bonds is 3. The molecule has 0 aliphatic carbocycles. The van der Waals surface area contributed by atoms with Crippen LogP contribution in [-0.2, 0) is 6.42 Å². The number of benzene rings is 1. The van der Waals surface area contributed by atoms with E-state index in [1.165, 1.54) is 23.5 Å². The lowest BCUT2D eigenvalue weighted by Crippen LogP contribution is -2.00. The van der Waals surface area contributed by atoms with Gasteiger partial charge in [0.1, 0.15) is 0 Å². The summed E-state index contributed by atoms with van der Waals surface area (Å²) in [4.78, 5) is 11.5. The number of hydrogen-bond acceptors (Lipinski definition) is 2. The molecule has 0 unspecified atom stereocenters. The Bertz CT molecular complexity index is 483. The molecule has 0 saturated carbocycles. The Balaban J connectivity index is 2.52. The van der Waals surface area contributed by atoms with Crippen molar-refractivity contribution in [3.05, 3.63) is 34.1 Å². The first kappa shape index (κ1) is 9.46. The molecule has 0 aliphatic rings. The molecular formula is C11H13NOS. The molecule has 1 aromatic heterocycles. The zero-order chi connectivity index (χ0) is 9.97. The highest BCUT2D eigenvalue weighted by Crippen LogP contribution is 2.19. The zero-order valence-electron chi connectivity index (χ0n) is 8.17.